The topological polar surface area (TPSA) is 153 Å². The van der Waals surface area contributed by atoms with Crippen LogP contribution in [0.1, 0.15) is 39.5 Å². The first-order valence-electron chi connectivity index (χ1n) is 10.5. The lowest BCUT2D eigenvalue weighted by atomic mass is 9.82. The summed E-state index contributed by atoms with van der Waals surface area (Å²) in [7, 11) is 5.83. The first-order valence-corrected chi connectivity index (χ1v) is 10.5. The monoisotopic (exact) mass is 446 g/mol. The molecule has 10 heteroatoms. The number of carbonyl (C=O) groups is 4. The lowest BCUT2D eigenvalue weighted by Crippen LogP contribution is -2.40. The van der Waals surface area contributed by atoms with E-state index in [1.807, 2.05) is 21.1 Å². The molecule has 0 radical (unpaired) electrons. The van der Waals surface area contributed by atoms with E-state index in [4.69, 9.17) is 14.6 Å². The molecule has 4 atom stereocenters. The van der Waals surface area contributed by atoms with Gasteiger partial charge in [0.25, 0.3) is 0 Å². The molecule has 0 heterocycles. The Kier molecular flexibility index (Phi) is 13.0. The molecule has 10 nitrogen and oxygen atoms in total. The number of carbonyl (C=O) groups excluding carboxylic acids is 4. The van der Waals surface area contributed by atoms with Crippen molar-refractivity contribution >= 4 is 23.9 Å². The van der Waals surface area contributed by atoms with Gasteiger partial charge in [0.1, 0.15) is 19.8 Å². The minimum absolute atomic E-state index is 0.130. The molecule has 0 aromatic rings. The Morgan fingerprint density at radius 2 is 1.32 bits per heavy atom. The van der Waals surface area contributed by atoms with E-state index < -0.39 is 47.5 Å². The second-order valence-electron chi connectivity index (χ2n) is 8.82. The summed E-state index contributed by atoms with van der Waals surface area (Å²) in [5.41, 5.74) is 0. The van der Waals surface area contributed by atoms with Crippen molar-refractivity contribution in [2.45, 2.75) is 39.5 Å². The van der Waals surface area contributed by atoms with E-state index in [1.165, 1.54) is 6.92 Å². The van der Waals surface area contributed by atoms with Gasteiger partial charge in [-0.2, -0.15) is 0 Å². The number of ether oxygens (including phenoxy) is 2. The van der Waals surface area contributed by atoms with E-state index in [0.29, 0.717) is 17.4 Å². The summed E-state index contributed by atoms with van der Waals surface area (Å²) in [5.74, 6) is -8.22. The van der Waals surface area contributed by atoms with E-state index in [2.05, 4.69) is 0 Å². The van der Waals surface area contributed by atoms with E-state index in [9.17, 15) is 29.4 Å². The molecule has 0 aromatic carbocycles. The average Bonchev–Trinajstić information content (AvgIpc) is 2.66. The number of quaternary nitrogens is 1. The van der Waals surface area contributed by atoms with Crippen LogP contribution < -0.4 is 10.2 Å². The normalized spacial score (nSPS) is 15.4. The molecule has 0 aliphatic rings. The maximum Gasteiger partial charge on any atom is 0.309 e. The number of carboxylic acids is 2. The summed E-state index contributed by atoms with van der Waals surface area (Å²) < 4.78 is 10.6. The largest absolute Gasteiger partial charge is 0.550 e. The standard InChI is InChI=1S/C21H37NO9/c1-6-15(21(29)30-9-7-22(3,4)5)12-17(19(26)27)13-16(18(24)25)11-14(2)20(28)31-10-8-23/h14-17,23H,6-13H2,1-5H3,(H-,24,25,26,27)/p-1. The lowest BCUT2D eigenvalue weighted by molar-refractivity contribution is -0.870. The molecule has 0 amide bonds. The van der Waals surface area contributed by atoms with Crippen molar-refractivity contribution in [3.63, 3.8) is 0 Å². The number of aliphatic hydroxyl groups is 1. The van der Waals surface area contributed by atoms with Crippen molar-refractivity contribution in [2.75, 3.05) is 47.5 Å². The number of hydrogen-bond acceptors (Lipinski definition) is 9. The van der Waals surface area contributed by atoms with Crippen molar-refractivity contribution in [3.05, 3.63) is 0 Å². The third-order valence-electron chi connectivity index (χ3n) is 5.01. The van der Waals surface area contributed by atoms with Crippen molar-refractivity contribution in [1.29, 1.82) is 0 Å². The van der Waals surface area contributed by atoms with E-state index in [1.54, 1.807) is 6.92 Å². The Balaban J connectivity index is 5.07. The second kappa shape index (κ2) is 14.0. The Bertz CT molecular complexity index is 600. The highest BCUT2D eigenvalue weighted by molar-refractivity contribution is 5.76. The van der Waals surface area contributed by atoms with Crippen LogP contribution in [0.15, 0.2) is 0 Å². The van der Waals surface area contributed by atoms with Gasteiger partial charge in [-0.15, -0.1) is 0 Å². The fourth-order valence-electron chi connectivity index (χ4n) is 3.04. The molecule has 0 bridgehead atoms. The third kappa shape index (κ3) is 12.3. The highest BCUT2D eigenvalue weighted by Gasteiger charge is 2.29. The van der Waals surface area contributed by atoms with Crippen LogP contribution in [-0.2, 0) is 28.7 Å². The van der Waals surface area contributed by atoms with E-state index in [-0.39, 0.29) is 39.1 Å². The van der Waals surface area contributed by atoms with Crippen LogP contribution in [0.25, 0.3) is 0 Å². The van der Waals surface area contributed by atoms with Crippen LogP contribution in [0.5, 0.6) is 0 Å². The molecular weight excluding hydrogens is 410 g/mol. The number of esters is 2. The van der Waals surface area contributed by atoms with Crippen molar-refractivity contribution in [2.24, 2.45) is 23.7 Å². The van der Waals surface area contributed by atoms with Crippen molar-refractivity contribution < 1.29 is 48.5 Å². The van der Waals surface area contributed by atoms with Gasteiger partial charge < -0.3 is 38.9 Å². The average molecular weight is 447 g/mol. The van der Waals surface area contributed by atoms with Crippen LogP contribution in [0.3, 0.4) is 0 Å². The molecule has 0 aliphatic carbocycles. The number of carboxylic acid groups (broad SMARTS) is 2. The minimum Gasteiger partial charge on any atom is -0.550 e. The molecule has 1 N–H and O–H groups in total. The lowest BCUT2D eigenvalue weighted by Gasteiger charge is -2.29. The van der Waals surface area contributed by atoms with Gasteiger partial charge in [-0.05, 0) is 37.5 Å². The zero-order valence-corrected chi connectivity index (χ0v) is 19.1. The SMILES string of the molecule is CCC(CC(CC(CC(C)C(=O)OCCO)C(=O)[O-])C(=O)[O-])C(=O)OCC[N+](C)(C)C. The van der Waals surface area contributed by atoms with Crippen LogP contribution in [0.2, 0.25) is 0 Å². The molecule has 0 saturated heterocycles. The molecule has 0 aromatic heterocycles. The number of likely N-dealkylation sites (N-methyl/N-ethyl adjacent to an activating group) is 1. The maximum absolute atomic E-state index is 12.4. The first-order chi connectivity index (χ1) is 14.3. The predicted molar refractivity (Wildman–Crippen MR) is 106 cm³/mol. The maximum atomic E-state index is 12.4. The Labute approximate surface area is 183 Å². The van der Waals surface area contributed by atoms with Gasteiger partial charge in [-0.3, -0.25) is 9.59 Å². The molecule has 0 saturated carbocycles. The first kappa shape index (κ1) is 28.8. The number of aliphatic carboxylic acids is 2. The summed E-state index contributed by atoms with van der Waals surface area (Å²) in [6.45, 7) is 3.36. The number of nitrogens with zero attached hydrogens (tertiary/aromatic N) is 1. The molecule has 4 unspecified atom stereocenters. The molecule has 0 aliphatic heterocycles. The quantitative estimate of drug-likeness (QED) is 0.217. The number of aliphatic hydroxyl groups excluding tert-OH is 1. The summed E-state index contributed by atoms with van der Waals surface area (Å²) in [6, 6.07) is 0. The molecule has 0 spiro atoms. The van der Waals surface area contributed by atoms with Gasteiger partial charge >= 0.3 is 11.9 Å². The van der Waals surface area contributed by atoms with E-state index >= 15 is 0 Å². The zero-order valence-electron chi connectivity index (χ0n) is 19.1. The summed E-state index contributed by atoms with van der Waals surface area (Å²) in [6.07, 6.45) is -0.339. The van der Waals surface area contributed by atoms with Gasteiger partial charge in [0.05, 0.1) is 39.6 Å². The van der Waals surface area contributed by atoms with Gasteiger partial charge in [0.2, 0.25) is 0 Å². The summed E-state index contributed by atoms with van der Waals surface area (Å²) >= 11 is 0. The second-order valence-corrected chi connectivity index (χ2v) is 8.82. The highest BCUT2D eigenvalue weighted by atomic mass is 16.5. The van der Waals surface area contributed by atoms with Crippen LogP contribution in [0.4, 0.5) is 0 Å². The van der Waals surface area contributed by atoms with Crippen LogP contribution in [-0.4, -0.2) is 81.0 Å². The van der Waals surface area contributed by atoms with Crippen molar-refractivity contribution in [3.8, 4) is 0 Å². The third-order valence-corrected chi connectivity index (χ3v) is 5.01. The van der Waals surface area contributed by atoms with E-state index in [0.717, 1.165) is 0 Å². The molecular formula is C21H36NO9-. The molecule has 0 rings (SSSR count). The predicted octanol–water partition coefficient (Wildman–Crippen LogP) is -1.66. The van der Waals surface area contributed by atoms with Crippen LogP contribution >= 0.6 is 0 Å². The minimum atomic E-state index is -1.49. The Morgan fingerprint density at radius 3 is 1.77 bits per heavy atom. The summed E-state index contributed by atoms with van der Waals surface area (Å²) in [4.78, 5) is 47.4. The fourth-order valence-corrected chi connectivity index (χ4v) is 3.04. The zero-order chi connectivity index (χ0) is 24.2. The fraction of sp³-hybridized carbons (Fsp3) is 0.810. The number of hydrogen-bond donors (Lipinski definition) is 1. The van der Waals surface area contributed by atoms with Gasteiger partial charge in [0.15, 0.2) is 0 Å². The van der Waals surface area contributed by atoms with Gasteiger partial charge in [-0.1, -0.05) is 13.8 Å². The molecule has 31 heavy (non-hydrogen) atoms. The van der Waals surface area contributed by atoms with Gasteiger partial charge in [-0.25, -0.2) is 0 Å². The van der Waals surface area contributed by atoms with Crippen molar-refractivity contribution in [1.82, 2.24) is 0 Å². The Hall–Kier alpha value is -2.20. The van der Waals surface area contributed by atoms with Gasteiger partial charge in [0, 0.05) is 11.9 Å². The highest BCUT2D eigenvalue weighted by Crippen LogP contribution is 2.27. The smallest absolute Gasteiger partial charge is 0.309 e. The number of rotatable bonds is 16. The summed E-state index contributed by atoms with van der Waals surface area (Å²) in [5, 5.41) is 31.9. The Morgan fingerprint density at radius 1 is 0.839 bits per heavy atom. The molecule has 180 valence electrons. The van der Waals surface area contributed by atoms with Crippen LogP contribution in [0, 0.1) is 23.7 Å². The molecule has 0 fully saturated rings.